The lowest BCUT2D eigenvalue weighted by atomic mass is 9.98. The van der Waals surface area contributed by atoms with Crippen molar-refractivity contribution in [3.8, 4) is 0 Å². The molecule has 11 unspecified atom stereocenters. The first-order valence-corrected chi connectivity index (χ1v) is 26.4. The Balaban J connectivity index is 1.81. The summed E-state index contributed by atoms with van der Waals surface area (Å²) in [7, 11) is 0. The van der Waals surface area contributed by atoms with Gasteiger partial charge in [0.1, 0.15) is 55.4 Å². The number of hydrogen-bond donors (Lipinski definition) is 7. The first-order chi connectivity index (χ1) is 32.5. The summed E-state index contributed by atoms with van der Waals surface area (Å²) >= 11 is 0. The molecule has 2 fully saturated rings. The van der Waals surface area contributed by atoms with Gasteiger partial charge in [-0.15, -0.1) is 0 Å². The standard InChI is InChI=1S/C52H94O15/c1-3-5-7-9-11-13-15-17-19-21-23-25-27-29-31-33-35-44(55)65-40(37-62-43(54)34-32-30-28-26-24-22-20-18-16-14-12-10-8-6-4-2)38-63-51-50(61)48(59)46(57)42(67-51)39-64-52-49(60)47(58)45(56)41(36-53)66-52/h18-21,40-42,45-53,56-61H,3-17,22-39H2,1-2H3/b20-18-,21-19-. The van der Waals surface area contributed by atoms with E-state index in [0.29, 0.717) is 12.8 Å². The Hall–Kier alpha value is -2.02. The molecule has 7 N–H and O–H groups in total. The van der Waals surface area contributed by atoms with Crippen LogP contribution in [0.3, 0.4) is 0 Å². The minimum absolute atomic E-state index is 0.155. The molecule has 2 aliphatic rings. The summed E-state index contributed by atoms with van der Waals surface area (Å²) in [6.45, 7) is 2.58. The van der Waals surface area contributed by atoms with Crippen LogP contribution in [0.25, 0.3) is 0 Å². The number of carbonyl (C=O) groups is 2. The van der Waals surface area contributed by atoms with Gasteiger partial charge >= 0.3 is 11.9 Å². The van der Waals surface area contributed by atoms with Crippen molar-refractivity contribution in [3.63, 3.8) is 0 Å². The van der Waals surface area contributed by atoms with Crippen LogP contribution in [0.5, 0.6) is 0 Å². The zero-order valence-electron chi connectivity index (χ0n) is 41.4. The third-order valence-corrected chi connectivity index (χ3v) is 12.7. The van der Waals surface area contributed by atoms with Gasteiger partial charge in [-0.25, -0.2) is 0 Å². The van der Waals surface area contributed by atoms with Crippen LogP contribution < -0.4 is 0 Å². The fourth-order valence-corrected chi connectivity index (χ4v) is 8.26. The maximum absolute atomic E-state index is 13.0. The molecular weight excluding hydrogens is 865 g/mol. The maximum Gasteiger partial charge on any atom is 0.306 e. The number of rotatable bonds is 41. The normalized spacial score (nSPS) is 26.1. The molecule has 15 heteroatoms. The van der Waals surface area contributed by atoms with Crippen LogP contribution in [0, 0.1) is 0 Å². The second-order valence-electron chi connectivity index (χ2n) is 18.7. The maximum atomic E-state index is 13.0. The zero-order chi connectivity index (χ0) is 48.9. The Morgan fingerprint density at radius 3 is 1.31 bits per heavy atom. The smallest absolute Gasteiger partial charge is 0.306 e. The molecule has 0 aromatic carbocycles. The molecule has 0 amide bonds. The summed E-state index contributed by atoms with van der Waals surface area (Å²) in [6.07, 6.45) is 23.4. The van der Waals surface area contributed by atoms with Crippen LogP contribution in [0.4, 0.5) is 0 Å². The Labute approximate surface area is 403 Å². The number of aliphatic hydroxyl groups excluding tert-OH is 7. The molecule has 0 spiro atoms. The van der Waals surface area contributed by atoms with E-state index in [1.807, 2.05) is 0 Å². The molecule has 0 bridgehead atoms. The Bertz CT molecular complexity index is 1270. The number of allylic oxidation sites excluding steroid dienone is 4. The first-order valence-electron chi connectivity index (χ1n) is 26.4. The minimum Gasteiger partial charge on any atom is -0.462 e. The summed E-state index contributed by atoms with van der Waals surface area (Å²) in [5.74, 6) is -0.939. The summed E-state index contributed by atoms with van der Waals surface area (Å²) in [5.41, 5.74) is 0. The van der Waals surface area contributed by atoms with Gasteiger partial charge in [0, 0.05) is 12.8 Å². The molecule has 0 aromatic rings. The van der Waals surface area contributed by atoms with E-state index in [-0.39, 0.29) is 26.1 Å². The molecule has 11 atom stereocenters. The van der Waals surface area contributed by atoms with Crippen molar-refractivity contribution in [1.82, 2.24) is 0 Å². The molecule has 392 valence electrons. The molecule has 2 rings (SSSR count). The van der Waals surface area contributed by atoms with Gasteiger partial charge < -0.3 is 64.2 Å². The average Bonchev–Trinajstić information content (AvgIpc) is 3.32. The molecule has 0 radical (unpaired) electrons. The molecule has 15 nitrogen and oxygen atoms in total. The summed E-state index contributed by atoms with van der Waals surface area (Å²) in [5, 5.41) is 72.1. The summed E-state index contributed by atoms with van der Waals surface area (Å²) in [4.78, 5) is 25.8. The van der Waals surface area contributed by atoms with Crippen molar-refractivity contribution in [3.05, 3.63) is 24.3 Å². The summed E-state index contributed by atoms with van der Waals surface area (Å²) < 4.78 is 33.6. The molecule has 0 aromatic heterocycles. The van der Waals surface area contributed by atoms with Crippen molar-refractivity contribution in [2.24, 2.45) is 0 Å². The lowest BCUT2D eigenvalue weighted by Gasteiger charge is -2.42. The van der Waals surface area contributed by atoms with Crippen LogP contribution in [-0.4, -0.2) is 142 Å². The van der Waals surface area contributed by atoms with Gasteiger partial charge in [-0.3, -0.25) is 9.59 Å². The highest BCUT2D eigenvalue weighted by Crippen LogP contribution is 2.26. The number of aliphatic hydroxyl groups is 7. The van der Waals surface area contributed by atoms with Crippen LogP contribution in [0.1, 0.15) is 200 Å². The quantitative estimate of drug-likeness (QED) is 0.0178. The molecule has 2 heterocycles. The number of esters is 2. The van der Waals surface area contributed by atoms with Crippen LogP contribution >= 0.6 is 0 Å². The van der Waals surface area contributed by atoms with E-state index < -0.39 is 92.7 Å². The van der Waals surface area contributed by atoms with Gasteiger partial charge in [0.05, 0.1) is 19.8 Å². The topological polar surface area (TPSA) is 231 Å². The number of unbranched alkanes of at least 4 members (excludes halogenated alkanes) is 23. The number of carbonyl (C=O) groups excluding carboxylic acids is 2. The first kappa shape index (κ1) is 61.1. The molecule has 0 saturated carbocycles. The van der Waals surface area contributed by atoms with Crippen molar-refractivity contribution in [1.29, 1.82) is 0 Å². The number of ether oxygens (including phenoxy) is 6. The highest BCUT2D eigenvalue weighted by atomic mass is 16.7. The molecule has 2 saturated heterocycles. The van der Waals surface area contributed by atoms with E-state index in [9.17, 15) is 45.3 Å². The van der Waals surface area contributed by atoms with E-state index in [2.05, 4.69) is 38.2 Å². The predicted octanol–water partition coefficient (Wildman–Crippen LogP) is 7.55. The Kier molecular flexibility index (Phi) is 36.2. The second kappa shape index (κ2) is 39.7. The summed E-state index contributed by atoms with van der Waals surface area (Å²) in [6, 6.07) is 0. The number of hydrogen-bond acceptors (Lipinski definition) is 15. The van der Waals surface area contributed by atoms with Crippen LogP contribution in [0.15, 0.2) is 24.3 Å². The Morgan fingerprint density at radius 1 is 0.463 bits per heavy atom. The van der Waals surface area contributed by atoms with Gasteiger partial charge in [-0.2, -0.15) is 0 Å². The fourth-order valence-electron chi connectivity index (χ4n) is 8.26. The average molecular weight is 959 g/mol. The van der Waals surface area contributed by atoms with Crippen molar-refractivity contribution >= 4 is 11.9 Å². The van der Waals surface area contributed by atoms with E-state index >= 15 is 0 Å². The van der Waals surface area contributed by atoms with Crippen LogP contribution in [0.2, 0.25) is 0 Å². The monoisotopic (exact) mass is 959 g/mol. The Morgan fingerprint density at radius 2 is 0.851 bits per heavy atom. The SMILES string of the molecule is CCCCCCCC/C=C\CCCCCCCC(=O)OCC(COC1OC(COC2OC(CO)C(O)C(O)C2O)C(O)C(O)C1O)OC(=O)CCCCCCC/C=C\CCCCCCCCC. The van der Waals surface area contributed by atoms with Crippen molar-refractivity contribution < 1.29 is 73.8 Å². The fraction of sp³-hybridized carbons (Fsp3) is 0.885. The highest BCUT2D eigenvalue weighted by Gasteiger charge is 2.47. The lowest BCUT2D eigenvalue weighted by molar-refractivity contribution is -0.332. The van der Waals surface area contributed by atoms with Gasteiger partial charge in [0.2, 0.25) is 0 Å². The van der Waals surface area contributed by atoms with Crippen molar-refractivity contribution in [2.75, 3.05) is 26.4 Å². The molecule has 2 aliphatic heterocycles. The zero-order valence-corrected chi connectivity index (χ0v) is 41.4. The van der Waals surface area contributed by atoms with Gasteiger partial charge in [0.15, 0.2) is 18.7 Å². The van der Waals surface area contributed by atoms with Crippen LogP contribution in [-0.2, 0) is 38.0 Å². The molecule has 0 aliphatic carbocycles. The highest BCUT2D eigenvalue weighted by molar-refractivity contribution is 5.70. The van der Waals surface area contributed by atoms with Gasteiger partial charge in [-0.05, 0) is 64.2 Å². The largest absolute Gasteiger partial charge is 0.462 e. The molecule has 67 heavy (non-hydrogen) atoms. The van der Waals surface area contributed by atoms with Gasteiger partial charge in [-0.1, -0.05) is 147 Å². The predicted molar refractivity (Wildman–Crippen MR) is 257 cm³/mol. The minimum atomic E-state index is -1.77. The lowest BCUT2D eigenvalue weighted by Crippen LogP contribution is -2.61. The van der Waals surface area contributed by atoms with E-state index in [0.717, 1.165) is 77.0 Å². The third-order valence-electron chi connectivity index (χ3n) is 12.7. The molecular formula is C52H94O15. The second-order valence-corrected chi connectivity index (χ2v) is 18.7. The van der Waals surface area contributed by atoms with E-state index in [4.69, 9.17) is 28.4 Å². The van der Waals surface area contributed by atoms with Crippen molar-refractivity contribution in [2.45, 2.75) is 268 Å². The van der Waals surface area contributed by atoms with E-state index in [1.54, 1.807) is 0 Å². The van der Waals surface area contributed by atoms with E-state index in [1.165, 1.54) is 83.5 Å². The van der Waals surface area contributed by atoms with Gasteiger partial charge in [0.25, 0.3) is 0 Å². The third kappa shape index (κ3) is 27.8.